The number of pyridine rings is 1. The lowest BCUT2D eigenvalue weighted by molar-refractivity contribution is 0.460. The minimum absolute atomic E-state index is 0.643. The summed E-state index contributed by atoms with van der Waals surface area (Å²) in [7, 11) is 0. The average molecular weight is 347 g/mol. The number of rotatable bonds is 5. The Balaban J connectivity index is 1.70. The Bertz CT molecular complexity index is 653. The van der Waals surface area contributed by atoms with Crippen molar-refractivity contribution in [3.8, 4) is 11.6 Å². The first-order valence-electron chi connectivity index (χ1n) is 7.26. The Morgan fingerprint density at radius 2 is 2.05 bits per heavy atom. The van der Waals surface area contributed by atoms with E-state index >= 15 is 0 Å². The molecule has 1 aromatic heterocycles. The van der Waals surface area contributed by atoms with E-state index in [4.69, 9.17) is 4.74 Å². The van der Waals surface area contributed by atoms with Crippen molar-refractivity contribution >= 4 is 15.9 Å². The van der Waals surface area contributed by atoms with E-state index in [1.54, 1.807) is 0 Å². The summed E-state index contributed by atoms with van der Waals surface area (Å²) in [6, 6.07) is 10.7. The molecule has 0 unspecified atom stereocenters. The van der Waals surface area contributed by atoms with Crippen LogP contribution in [0.4, 0.5) is 0 Å². The molecule has 0 saturated heterocycles. The molecular weight excluding hydrogens is 328 g/mol. The first kappa shape index (κ1) is 14.5. The van der Waals surface area contributed by atoms with Gasteiger partial charge in [-0.25, -0.2) is 4.98 Å². The molecule has 0 spiro atoms. The highest BCUT2D eigenvalue weighted by atomic mass is 79.9. The van der Waals surface area contributed by atoms with Crippen molar-refractivity contribution in [1.29, 1.82) is 0 Å². The lowest BCUT2D eigenvalue weighted by Gasteiger charge is -2.10. The summed E-state index contributed by atoms with van der Waals surface area (Å²) >= 11 is 3.49. The smallest absolute Gasteiger partial charge is 0.219 e. The molecule has 1 aliphatic carbocycles. The normalized spacial score (nSPS) is 14.2. The van der Waals surface area contributed by atoms with Gasteiger partial charge in [-0.2, -0.15) is 0 Å². The van der Waals surface area contributed by atoms with E-state index in [2.05, 4.69) is 32.3 Å². The van der Waals surface area contributed by atoms with Gasteiger partial charge in [0.1, 0.15) is 5.75 Å². The number of ether oxygens (including phenoxy) is 1. The van der Waals surface area contributed by atoms with Crippen molar-refractivity contribution < 1.29 is 4.74 Å². The van der Waals surface area contributed by atoms with Crippen molar-refractivity contribution in [1.82, 2.24) is 10.3 Å². The number of benzene rings is 1. The third-order valence-corrected chi connectivity index (χ3v) is 4.57. The predicted octanol–water partition coefficient (Wildman–Crippen LogP) is 4.51. The molecule has 1 aliphatic rings. The number of halogens is 1. The topological polar surface area (TPSA) is 34.1 Å². The second kappa shape index (κ2) is 6.16. The van der Waals surface area contributed by atoms with E-state index < -0.39 is 0 Å². The van der Waals surface area contributed by atoms with Crippen LogP contribution < -0.4 is 10.1 Å². The first-order chi connectivity index (χ1) is 10.1. The summed E-state index contributed by atoms with van der Waals surface area (Å²) in [5.41, 5.74) is 3.41. The van der Waals surface area contributed by atoms with Gasteiger partial charge in [-0.15, -0.1) is 0 Å². The van der Waals surface area contributed by atoms with Gasteiger partial charge in [-0.1, -0.05) is 22.0 Å². The molecule has 1 heterocycles. The maximum Gasteiger partial charge on any atom is 0.219 e. The van der Waals surface area contributed by atoms with Crippen molar-refractivity contribution in [3.63, 3.8) is 0 Å². The number of nitrogens with one attached hydrogen (secondary N) is 1. The molecule has 4 heteroatoms. The largest absolute Gasteiger partial charge is 0.439 e. The molecule has 21 heavy (non-hydrogen) atoms. The second-order valence-electron chi connectivity index (χ2n) is 5.56. The van der Waals surface area contributed by atoms with Gasteiger partial charge in [0.2, 0.25) is 5.88 Å². The lowest BCUT2D eigenvalue weighted by Crippen LogP contribution is -2.16. The second-order valence-corrected chi connectivity index (χ2v) is 6.42. The SMILES string of the molecule is Cc1cc(Oc2ccc(CNC3CC3)c(C)n2)ccc1Br. The van der Waals surface area contributed by atoms with Crippen LogP contribution in [0.3, 0.4) is 0 Å². The monoisotopic (exact) mass is 346 g/mol. The van der Waals surface area contributed by atoms with Crippen LogP contribution in [0.25, 0.3) is 0 Å². The summed E-state index contributed by atoms with van der Waals surface area (Å²) in [4.78, 5) is 4.54. The highest BCUT2D eigenvalue weighted by molar-refractivity contribution is 9.10. The molecule has 1 saturated carbocycles. The minimum atomic E-state index is 0.643. The van der Waals surface area contributed by atoms with Gasteiger partial charge in [0.05, 0.1) is 0 Å². The zero-order valence-corrected chi connectivity index (χ0v) is 13.9. The molecule has 3 rings (SSSR count). The van der Waals surface area contributed by atoms with Gasteiger partial charge in [-0.05, 0) is 56.0 Å². The van der Waals surface area contributed by atoms with Gasteiger partial charge in [0, 0.05) is 28.8 Å². The van der Waals surface area contributed by atoms with Crippen LogP contribution in [-0.4, -0.2) is 11.0 Å². The fraction of sp³-hybridized carbons (Fsp3) is 0.353. The zero-order chi connectivity index (χ0) is 14.8. The van der Waals surface area contributed by atoms with Gasteiger partial charge in [-0.3, -0.25) is 0 Å². The van der Waals surface area contributed by atoms with Crippen molar-refractivity contribution in [3.05, 3.63) is 51.6 Å². The van der Waals surface area contributed by atoms with Crippen LogP contribution in [0.15, 0.2) is 34.8 Å². The Morgan fingerprint density at radius 3 is 2.71 bits per heavy atom. The van der Waals surface area contributed by atoms with Crippen LogP contribution in [0, 0.1) is 13.8 Å². The van der Waals surface area contributed by atoms with Gasteiger partial charge in [0.25, 0.3) is 0 Å². The quantitative estimate of drug-likeness (QED) is 0.864. The molecule has 110 valence electrons. The molecule has 0 aliphatic heterocycles. The third-order valence-electron chi connectivity index (χ3n) is 3.68. The Hall–Kier alpha value is -1.39. The molecule has 1 fully saturated rings. The number of nitrogens with zero attached hydrogens (tertiary/aromatic N) is 1. The summed E-state index contributed by atoms with van der Waals surface area (Å²) in [6.07, 6.45) is 2.60. The Labute approximate surface area is 133 Å². The summed E-state index contributed by atoms with van der Waals surface area (Å²) in [5, 5.41) is 3.51. The molecule has 1 N–H and O–H groups in total. The summed E-state index contributed by atoms with van der Waals surface area (Å²) in [6.45, 7) is 4.97. The number of aryl methyl sites for hydroxylation is 2. The summed E-state index contributed by atoms with van der Waals surface area (Å²) < 4.78 is 6.92. The van der Waals surface area contributed by atoms with Crippen molar-refractivity contribution in [2.24, 2.45) is 0 Å². The Morgan fingerprint density at radius 1 is 1.24 bits per heavy atom. The first-order valence-corrected chi connectivity index (χ1v) is 8.05. The number of hydrogen-bond donors (Lipinski definition) is 1. The third kappa shape index (κ3) is 3.83. The fourth-order valence-electron chi connectivity index (χ4n) is 2.15. The maximum absolute atomic E-state index is 5.84. The minimum Gasteiger partial charge on any atom is -0.439 e. The number of hydrogen-bond acceptors (Lipinski definition) is 3. The van der Waals surface area contributed by atoms with E-state index in [-0.39, 0.29) is 0 Å². The number of aromatic nitrogens is 1. The van der Waals surface area contributed by atoms with Crippen LogP contribution >= 0.6 is 15.9 Å². The maximum atomic E-state index is 5.84. The molecule has 0 atom stereocenters. The van der Waals surface area contributed by atoms with Gasteiger partial charge >= 0.3 is 0 Å². The molecule has 2 aromatic rings. The van der Waals surface area contributed by atoms with Crippen LogP contribution in [-0.2, 0) is 6.54 Å². The van der Waals surface area contributed by atoms with Crippen LogP contribution in [0.2, 0.25) is 0 Å². The predicted molar refractivity (Wildman–Crippen MR) is 87.8 cm³/mol. The lowest BCUT2D eigenvalue weighted by atomic mass is 10.2. The van der Waals surface area contributed by atoms with Gasteiger partial charge in [0.15, 0.2) is 0 Å². The van der Waals surface area contributed by atoms with E-state index in [1.165, 1.54) is 18.4 Å². The summed E-state index contributed by atoms with van der Waals surface area (Å²) in [5.74, 6) is 1.45. The highest BCUT2D eigenvalue weighted by Crippen LogP contribution is 2.26. The standard InChI is InChI=1S/C17H19BrN2O/c1-11-9-15(6-7-16(11)18)21-17-8-3-13(12(2)20-17)10-19-14-4-5-14/h3,6-9,14,19H,4-5,10H2,1-2H3. The van der Waals surface area contributed by atoms with Gasteiger partial charge < -0.3 is 10.1 Å². The Kier molecular flexibility index (Phi) is 4.27. The van der Waals surface area contributed by atoms with E-state index in [1.807, 2.05) is 38.1 Å². The fourth-order valence-corrected chi connectivity index (χ4v) is 2.40. The van der Waals surface area contributed by atoms with Crippen molar-refractivity contribution in [2.45, 2.75) is 39.3 Å². The molecule has 1 aromatic carbocycles. The van der Waals surface area contributed by atoms with E-state index in [0.717, 1.165) is 28.0 Å². The van der Waals surface area contributed by atoms with E-state index in [9.17, 15) is 0 Å². The molecule has 0 amide bonds. The highest BCUT2D eigenvalue weighted by Gasteiger charge is 2.20. The van der Waals surface area contributed by atoms with Crippen LogP contribution in [0.1, 0.15) is 29.7 Å². The molecule has 3 nitrogen and oxygen atoms in total. The molecule has 0 bridgehead atoms. The molecule has 0 radical (unpaired) electrons. The average Bonchev–Trinajstić information content (AvgIpc) is 3.26. The van der Waals surface area contributed by atoms with Crippen LogP contribution in [0.5, 0.6) is 11.6 Å². The zero-order valence-electron chi connectivity index (χ0n) is 12.3. The van der Waals surface area contributed by atoms with E-state index in [0.29, 0.717) is 11.9 Å². The molecular formula is C17H19BrN2O. The van der Waals surface area contributed by atoms with Crippen molar-refractivity contribution in [2.75, 3.05) is 0 Å².